The van der Waals surface area contributed by atoms with E-state index in [-0.39, 0.29) is 12.5 Å². The molecule has 0 fully saturated rings. The van der Waals surface area contributed by atoms with Crippen LogP contribution in [-0.4, -0.2) is 18.4 Å². The molecular formula is C17H18N3O3. The number of benzene rings is 2. The Kier molecular flexibility index (Phi) is 5.71. The van der Waals surface area contributed by atoms with E-state index in [1.807, 2.05) is 6.07 Å². The van der Waals surface area contributed by atoms with Gasteiger partial charge < -0.3 is 16.4 Å². The Labute approximate surface area is 134 Å². The summed E-state index contributed by atoms with van der Waals surface area (Å²) in [7, 11) is 0. The predicted octanol–water partition coefficient (Wildman–Crippen LogP) is 1.17. The Morgan fingerprint density at radius 3 is 2.43 bits per heavy atom. The molecule has 2 amide bonds. The molecule has 0 unspecified atom stereocenters. The number of hydrogen-bond donors (Lipinski definition) is 3. The van der Waals surface area contributed by atoms with Crippen molar-refractivity contribution < 1.29 is 14.7 Å². The van der Waals surface area contributed by atoms with E-state index in [1.165, 1.54) is 0 Å². The van der Waals surface area contributed by atoms with Gasteiger partial charge in [-0.25, -0.2) is 5.11 Å². The van der Waals surface area contributed by atoms with E-state index in [0.29, 0.717) is 11.3 Å². The summed E-state index contributed by atoms with van der Waals surface area (Å²) in [5.74, 6) is -1.11. The van der Waals surface area contributed by atoms with Crippen LogP contribution in [0.5, 0.6) is 0 Å². The molecular weight excluding hydrogens is 294 g/mol. The predicted molar refractivity (Wildman–Crippen MR) is 85.6 cm³/mol. The lowest BCUT2D eigenvalue weighted by Crippen LogP contribution is -2.41. The van der Waals surface area contributed by atoms with E-state index < -0.39 is 18.6 Å². The third-order valence-electron chi connectivity index (χ3n) is 3.25. The van der Waals surface area contributed by atoms with Crippen LogP contribution < -0.4 is 16.4 Å². The zero-order chi connectivity index (χ0) is 16.7. The van der Waals surface area contributed by atoms with E-state index in [4.69, 9.17) is 5.73 Å². The third kappa shape index (κ3) is 4.82. The van der Waals surface area contributed by atoms with Gasteiger partial charge in [-0.05, 0) is 23.3 Å². The van der Waals surface area contributed by atoms with Crippen LogP contribution in [-0.2, 0) is 21.2 Å². The van der Waals surface area contributed by atoms with Crippen LogP contribution in [0.3, 0.4) is 0 Å². The van der Waals surface area contributed by atoms with Crippen LogP contribution in [0.2, 0.25) is 0 Å². The second-order valence-electron chi connectivity index (χ2n) is 5.02. The first-order valence-electron chi connectivity index (χ1n) is 7.14. The molecule has 2 aromatic rings. The number of nitrogens with two attached hydrogens (primary N) is 1. The van der Waals surface area contributed by atoms with Crippen molar-refractivity contribution >= 4 is 17.5 Å². The zero-order valence-electron chi connectivity index (χ0n) is 12.5. The quantitative estimate of drug-likeness (QED) is 0.697. The van der Waals surface area contributed by atoms with E-state index >= 15 is 0 Å². The third-order valence-corrected chi connectivity index (χ3v) is 3.25. The average Bonchev–Trinajstić information content (AvgIpc) is 2.58. The lowest BCUT2D eigenvalue weighted by molar-refractivity contribution is -0.131. The second kappa shape index (κ2) is 7.95. The van der Waals surface area contributed by atoms with Crippen LogP contribution in [0.25, 0.3) is 0 Å². The SMILES string of the molecule is Nc1cccc(CNC(=O)[C@H](NC(=O)C[O])c2ccccc2)c1. The number of nitrogens with one attached hydrogen (secondary N) is 2. The molecule has 6 nitrogen and oxygen atoms in total. The van der Waals surface area contributed by atoms with Crippen LogP contribution in [0.4, 0.5) is 5.69 Å². The number of carbonyl (C=O) groups is 2. The minimum Gasteiger partial charge on any atom is -0.399 e. The highest BCUT2D eigenvalue weighted by Crippen LogP contribution is 2.13. The summed E-state index contributed by atoms with van der Waals surface area (Å²) in [6.07, 6.45) is 0. The van der Waals surface area contributed by atoms with Gasteiger partial charge in [-0.15, -0.1) is 0 Å². The molecule has 0 bridgehead atoms. The van der Waals surface area contributed by atoms with Crippen LogP contribution in [0.15, 0.2) is 54.6 Å². The molecule has 23 heavy (non-hydrogen) atoms. The Bertz CT molecular complexity index is 674. The maximum absolute atomic E-state index is 12.4. The number of nitrogen functional groups attached to an aromatic ring is 1. The lowest BCUT2D eigenvalue weighted by atomic mass is 10.1. The van der Waals surface area contributed by atoms with Crippen molar-refractivity contribution in [1.29, 1.82) is 0 Å². The molecule has 0 aliphatic carbocycles. The standard InChI is InChI=1S/C17H18N3O3/c18-14-8-4-5-12(9-14)10-19-17(23)16(20-15(22)11-21)13-6-2-1-3-7-13/h1-9,16H,10-11,18H2,(H,19,23)(H,20,22)/t16-/m1/s1. The first-order valence-corrected chi connectivity index (χ1v) is 7.14. The fourth-order valence-corrected chi connectivity index (χ4v) is 2.14. The number of rotatable bonds is 6. The van der Waals surface area contributed by atoms with E-state index in [1.54, 1.807) is 48.5 Å². The summed E-state index contributed by atoms with van der Waals surface area (Å²) in [6.45, 7) is -0.647. The largest absolute Gasteiger partial charge is 0.399 e. The second-order valence-corrected chi connectivity index (χ2v) is 5.02. The molecule has 2 aromatic carbocycles. The Balaban J connectivity index is 2.08. The highest BCUT2D eigenvalue weighted by molar-refractivity contribution is 5.88. The van der Waals surface area contributed by atoms with Crippen molar-refractivity contribution in [2.24, 2.45) is 0 Å². The number of hydrogen-bond acceptors (Lipinski definition) is 3. The Morgan fingerprint density at radius 2 is 1.78 bits per heavy atom. The smallest absolute Gasteiger partial charge is 0.250 e. The molecule has 6 heteroatoms. The average molecular weight is 312 g/mol. The summed E-state index contributed by atoms with van der Waals surface area (Å²) in [4.78, 5) is 23.8. The normalized spacial score (nSPS) is 11.5. The molecule has 4 N–H and O–H groups in total. The first-order chi connectivity index (χ1) is 11.1. The fourth-order valence-electron chi connectivity index (χ4n) is 2.14. The monoisotopic (exact) mass is 312 g/mol. The molecule has 0 saturated carbocycles. The number of anilines is 1. The molecule has 0 spiro atoms. The fraction of sp³-hybridized carbons (Fsp3) is 0.176. The van der Waals surface area contributed by atoms with Gasteiger partial charge in [-0.3, -0.25) is 9.59 Å². The highest BCUT2D eigenvalue weighted by Gasteiger charge is 2.22. The van der Waals surface area contributed by atoms with Gasteiger partial charge >= 0.3 is 0 Å². The van der Waals surface area contributed by atoms with Gasteiger partial charge in [0, 0.05) is 12.2 Å². The molecule has 0 aromatic heterocycles. The summed E-state index contributed by atoms with van der Waals surface area (Å²) >= 11 is 0. The summed E-state index contributed by atoms with van der Waals surface area (Å²) in [5, 5.41) is 15.9. The molecule has 1 radical (unpaired) electrons. The van der Waals surface area contributed by atoms with Crippen molar-refractivity contribution in [3.8, 4) is 0 Å². The maximum Gasteiger partial charge on any atom is 0.250 e. The van der Waals surface area contributed by atoms with Crippen molar-refractivity contribution in [1.82, 2.24) is 10.6 Å². The minimum absolute atomic E-state index is 0.278. The van der Waals surface area contributed by atoms with Crippen molar-refractivity contribution in [3.05, 3.63) is 65.7 Å². The summed E-state index contributed by atoms with van der Waals surface area (Å²) in [5.41, 5.74) is 7.76. The van der Waals surface area contributed by atoms with Gasteiger partial charge in [0.1, 0.15) is 6.04 Å². The van der Waals surface area contributed by atoms with Crippen LogP contribution in [0, 0.1) is 0 Å². The van der Waals surface area contributed by atoms with Gasteiger partial charge in [-0.1, -0.05) is 42.5 Å². The minimum atomic E-state index is -0.925. The topological polar surface area (TPSA) is 104 Å². The summed E-state index contributed by atoms with van der Waals surface area (Å²) in [6, 6.07) is 15.0. The lowest BCUT2D eigenvalue weighted by Gasteiger charge is -2.18. The Hall–Kier alpha value is -2.86. The molecule has 0 aliphatic rings. The van der Waals surface area contributed by atoms with Crippen molar-refractivity contribution in [2.75, 3.05) is 12.3 Å². The summed E-state index contributed by atoms with van der Waals surface area (Å²) < 4.78 is 0. The number of carbonyl (C=O) groups excluding carboxylic acids is 2. The molecule has 0 heterocycles. The van der Waals surface area contributed by atoms with Gasteiger partial charge in [0.25, 0.3) is 0 Å². The molecule has 2 rings (SSSR count). The van der Waals surface area contributed by atoms with Crippen LogP contribution >= 0.6 is 0 Å². The van der Waals surface area contributed by atoms with E-state index in [9.17, 15) is 14.7 Å². The van der Waals surface area contributed by atoms with E-state index in [2.05, 4.69) is 10.6 Å². The maximum atomic E-state index is 12.4. The molecule has 0 aliphatic heterocycles. The van der Waals surface area contributed by atoms with Gasteiger partial charge in [0.15, 0.2) is 6.61 Å². The zero-order valence-corrected chi connectivity index (χ0v) is 12.5. The Morgan fingerprint density at radius 1 is 1.04 bits per heavy atom. The molecule has 1 atom stereocenters. The first kappa shape index (κ1) is 16.5. The molecule has 0 saturated heterocycles. The molecule has 119 valence electrons. The van der Waals surface area contributed by atoms with Gasteiger partial charge in [0.05, 0.1) is 0 Å². The number of amides is 2. The van der Waals surface area contributed by atoms with E-state index in [0.717, 1.165) is 5.56 Å². The highest BCUT2D eigenvalue weighted by atomic mass is 16.3. The van der Waals surface area contributed by atoms with Crippen molar-refractivity contribution in [3.63, 3.8) is 0 Å². The van der Waals surface area contributed by atoms with Gasteiger partial charge in [0.2, 0.25) is 11.8 Å². The van der Waals surface area contributed by atoms with Gasteiger partial charge in [-0.2, -0.15) is 0 Å². The van der Waals surface area contributed by atoms with Crippen LogP contribution in [0.1, 0.15) is 17.2 Å². The van der Waals surface area contributed by atoms with Crippen molar-refractivity contribution in [2.45, 2.75) is 12.6 Å².